The highest BCUT2D eigenvalue weighted by atomic mass is 79.9. The van der Waals surface area contributed by atoms with Gasteiger partial charge in [-0.3, -0.25) is 9.59 Å². The Morgan fingerprint density at radius 1 is 1.41 bits per heavy atom. The molecule has 1 fully saturated rings. The minimum Gasteiger partial charge on any atom is -0.336 e. The molecule has 0 bridgehead atoms. The SMILES string of the molecule is CC1CN(C(=O)c2cc(=O)[nH]c3c(Br)cccc23)CCN1.Cl. The fourth-order valence-electron chi connectivity index (χ4n) is 2.71. The summed E-state index contributed by atoms with van der Waals surface area (Å²) in [6, 6.07) is 7.22. The maximum Gasteiger partial charge on any atom is 0.254 e. The van der Waals surface area contributed by atoms with Gasteiger partial charge in [-0.25, -0.2) is 0 Å². The first kappa shape index (κ1) is 17.0. The van der Waals surface area contributed by atoms with Crippen LogP contribution in [-0.4, -0.2) is 41.5 Å². The first-order chi connectivity index (χ1) is 10.1. The van der Waals surface area contributed by atoms with Gasteiger partial charge in [0.05, 0.1) is 11.1 Å². The van der Waals surface area contributed by atoms with Crippen molar-refractivity contribution in [2.75, 3.05) is 19.6 Å². The number of benzene rings is 1. The number of nitrogens with zero attached hydrogens (tertiary/aromatic N) is 1. The molecule has 0 saturated carbocycles. The van der Waals surface area contributed by atoms with Crippen LogP contribution in [-0.2, 0) is 0 Å². The molecule has 22 heavy (non-hydrogen) atoms. The zero-order chi connectivity index (χ0) is 15.0. The lowest BCUT2D eigenvalue weighted by molar-refractivity contribution is 0.0711. The number of carbonyl (C=O) groups excluding carboxylic acids is 1. The van der Waals surface area contributed by atoms with Crippen molar-refractivity contribution in [3.05, 3.63) is 44.7 Å². The molecule has 0 radical (unpaired) electrons. The summed E-state index contributed by atoms with van der Waals surface area (Å²) in [6.07, 6.45) is 0. The number of nitrogens with one attached hydrogen (secondary N) is 2. The normalized spacial score (nSPS) is 18.1. The minimum atomic E-state index is -0.263. The number of carbonyl (C=O) groups is 1. The molecular formula is C15H17BrClN3O2. The Morgan fingerprint density at radius 2 is 2.18 bits per heavy atom. The number of amides is 1. The van der Waals surface area contributed by atoms with Gasteiger partial charge in [0.2, 0.25) is 5.56 Å². The molecule has 1 amide bonds. The number of aromatic amines is 1. The molecule has 2 aromatic rings. The van der Waals surface area contributed by atoms with Crippen molar-refractivity contribution < 1.29 is 4.79 Å². The Balaban J connectivity index is 0.00000176. The number of halogens is 2. The number of aromatic nitrogens is 1. The number of para-hydroxylation sites is 1. The molecule has 118 valence electrons. The van der Waals surface area contributed by atoms with E-state index >= 15 is 0 Å². The summed E-state index contributed by atoms with van der Waals surface area (Å²) < 4.78 is 0.778. The first-order valence-corrected chi connectivity index (χ1v) is 7.70. The minimum absolute atomic E-state index is 0. The molecule has 2 N–H and O–H groups in total. The molecule has 3 rings (SSSR count). The Kier molecular flexibility index (Phi) is 5.26. The van der Waals surface area contributed by atoms with Gasteiger partial charge in [0.1, 0.15) is 0 Å². The second-order valence-electron chi connectivity index (χ2n) is 5.32. The van der Waals surface area contributed by atoms with Crippen molar-refractivity contribution in [1.82, 2.24) is 15.2 Å². The molecule has 1 unspecified atom stereocenters. The van der Waals surface area contributed by atoms with Gasteiger partial charge in [-0.05, 0) is 28.9 Å². The van der Waals surface area contributed by atoms with Crippen LogP contribution in [0.2, 0.25) is 0 Å². The Bertz CT molecular complexity index is 762. The van der Waals surface area contributed by atoms with Crippen LogP contribution in [0.1, 0.15) is 17.3 Å². The van der Waals surface area contributed by atoms with E-state index in [0.29, 0.717) is 24.2 Å². The lowest BCUT2D eigenvalue weighted by Crippen LogP contribution is -2.51. The zero-order valence-electron chi connectivity index (χ0n) is 12.1. The quantitative estimate of drug-likeness (QED) is 0.789. The first-order valence-electron chi connectivity index (χ1n) is 6.90. The highest BCUT2D eigenvalue weighted by Crippen LogP contribution is 2.24. The third-order valence-corrected chi connectivity index (χ3v) is 4.37. The molecule has 0 aliphatic carbocycles. The van der Waals surface area contributed by atoms with Gasteiger partial charge in [0.15, 0.2) is 0 Å². The van der Waals surface area contributed by atoms with E-state index in [9.17, 15) is 9.59 Å². The summed E-state index contributed by atoms with van der Waals surface area (Å²) in [5.41, 5.74) is 0.863. The largest absolute Gasteiger partial charge is 0.336 e. The fraction of sp³-hybridized carbons (Fsp3) is 0.333. The summed E-state index contributed by atoms with van der Waals surface area (Å²) in [6.45, 7) is 4.14. The highest BCUT2D eigenvalue weighted by molar-refractivity contribution is 9.10. The van der Waals surface area contributed by atoms with Crippen molar-refractivity contribution in [2.24, 2.45) is 0 Å². The Hall–Kier alpha value is -1.37. The Morgan fingerprint density at radius 3 is 2.91 bits per heavy atom. The number of pyridine rings is 1. The van der Waals surface area contributed by atoms with E-state index in [4.69, 9.17) is 0 Å². The smallest absolute Gasteiger partial charge is 0.254 e. The van der Waals surface area contributed by atoms with Crippen LogP contribution >= 0.6 is 28.3 Å². The van der Waals surface area contributed by atoms with E-state index in [0.717, 1.165) is 16.4 Å². The van der Waals surface area contributed by atoms with Gasteiger partial charge in [-0.1, -0.05) is 12.1 Å². The molecule has 5 nitrogen and oxygen atoms in total. The second kappa shape index (κ2) is 6.81. The van der Waals surface area contributed by atoms with Crippen molar-refractivity contribution in [3.63, 3.8) is 0 Å². The van der Waals surface area contributed by atoms with Gasteiger partial charge < -0.3 is 15.2 Å². The summed E-state index contributed by atoms with van der Waals surface area (Å²) in [5.74, 6) is -0.0856. The standard InChI is InChI=1S/C15H16BrN3O2.ClH/c1-9-8-19(6-5-17-9)15(21)11-7-13(20)18-14-10(11)3-2-4-12(14)16;/h2-4,7,9,17H,5-6,8H2,1H3,(H,18,20);1H. The van der Waals surface area contributed by atoms with Crippen LogP contribution in [0.25, 0.3) is 10.9 Å². The predicted octanol–water partition coefficient (Wildman–Crippen LogP) is 2.15. The molecule has 1 atom stereocenters. The third-order valence-electron chi connectivity index (χ3n) is 3.71. The molecule has 1 aliphatic rings. The van der Waals surface area contributed by atoms with Gasteiger partial charge in [-0.15, -0.1) is 12.4 Å². The van der Waals surface area contributed by atoms with E-state index in [-0.39, 0.29) is 29.9 Å². The van der Waals surface area contributed by atoms with E-state index in [1.807, 2.05) is 25.1 Å². The van der Waals surface area contributed by atoms with E-state index in [2.05, 4.69) is 26.2 Å². The topological polar surface area (TPSA) is 65.2 Å². The van der Waals surface area contributed by atoms with E-state index in [1.165, 1.54) is 6.07 Å². The maximum absolute atomic E-state index is 12.8. The lowest BCUT2D eigenvalue weighted by atomic mass is 10.1. The highest BCUT2D eigenvalue weighted by Gasteiger charge is 2.23. The van der Waals surface area contributed by atoms with Gasteiger partial charge >= 0.3 is 0 Å². The molecule has 0 spiro atoms. The number of fused-ring (bicyclic) bond motifs is 1. The number of H-pyrrole nitrogens is 1. The number of hydrogen-bond acceptors (Lipinski definition) is 3. The van der Waals surface area contributed by atoms with Crippen LogP contribution in [0.3, 0.4) is 0 Å². The van der Waals surface area contributed by atoms with Crippen molar-refractivity contribution in [3.8, 4) is 0 Å². The maximum atomic E-state index is 12.8. The van der Waals surface area contributed by atoms with Crippen LogP contribution in [0, 0.1) is 0 Å². The monoisotopic (exact) mass is 385 g/mol. The molecule has 2 heterocycles. The Labute approximate surface area is 142 Å². The fourth-order valence-corrected chi connectivity index (χ4v) is 3.17. The average Bonchev–Trinajstić information content (AvgIpc) is 2.47. The molecule has 7 heteroatoms. The zero-order valence-corrected chi connectivity index (χ0v) is 14.5. The summed E-state index contributed by atoms with van der Waals surface area (Å²) in [5, 5.41) is 4.07. The third kappa shape index (κ3) is 3.19. The van der Waals surface area contributed by atoms with Crippen LogP contribution in [0.5, 0.6) is 0 Å². The average molecular weight is 387 g/mol. The summed E-state index contributed by atoms with van der Waals surface area (Å²) in [7, 11) is 0. The molecule has 1 aliphatic heterocycles. The number of piperazine rings is 1. The molecule has 1 saturated heterocycles. The van der Waals surface area contributed by atoms with Gasteiger partial charge in [0, 0.05) is 41.6 Å². The predicted molar refractivity (Wildman–Crippen MR) is 92.9 cm³/mol. The van der Waals surface area contributed by atoms with Gasteiger partial charge in [0.25, 0.3) is 5.91 Å². The number of rotatable bonds is 1. The molecule has 1 aromatic heterocycles. The van der Waals surface area contributed by atoms with E-state index in [1.54, 1.807) is 4.90 Å². The second-order valence-corrected chi connectivity index (χ2v) is 6.17. The molecule has 1 aromatic carbocycles. The number of hydrogen-bond donors (Lipinski definition) is 2. The van der Waals surface area contributed by atoms with Crippen LogP contribution < -0.4 is 10.9 Å². The van der Waals surface area contributed by atoms with E-state index < -0.39 is 0 Å². The molecular weight excluding hydrogens is 370 g/mol. The van der Waals surface area contributed by atoms with Crippen LogP contribution in [0.15, 0.2) is 33.5 Å². The lowest BCUT2D eigenvalue weighted by Gasteiger charge is -2.32. The van der Waals surface area contributed by atoms with Crippen molar-refractivity contribution in [2.45, 2.75) is 13.0 Å². The van der Waals surface area contributed by atoms with Crippen molar-refractivity contribution in [1.29, 1.82) is 0 Å². The van der Waals surface area contributed by atoms with Crippen LogP contribution in [0.4, 0.5) is 0 Å². The van der Waals surface area contributed by atoms with Crippen molar-refractivity contribution >= 4 is 45.1 Å². The van der Waals surface area contributed by atoms with Gasteiger partial charge in [-0.2, -0.15) is 0 Å². The summed E-state index contributed by atoms with van der Waals surface area (Å²) >= 11 is 3.41. The summed E-state index contributed by atoms with van der Waals surface area (Å²) in [4.78, 5) is 29.2.